The number of primary amides is 1. The third-order valence-electron chi connectivity index (χ3n) is 5.62. The molecule has 0 aromatic carbocycles. The van der Waals surface area contributed by atoms with Gasteiger partial charge >= 0.3 is 0 Å². The SMILES string of the molecule is CCCCCNC(=O)C1CCN(Cn2nc(-c3ccco3)n(CCC(N)=O)c2=S)CC1. The van der Waals surface area contributed by atoms with Crippen molar-refractivity contribution in [1.29, 1.82) is 0 Å². The Morgan fingerprint density at radius 1 is 1.32 bits per heavy atom. The molecule has 170 valence electrons. The van der Waals surface area contributed by atoms with Gasteiger partial charge in [0.1, 0.15) is 0 Å². The number of furan rings is 1. The number of nitrogens with two attached hydrogens (primary N) is 1. The van der Waals surface area contributed by atoms with Gasteiger partial charge in [-0.1, -0.05) is 19.8 Å². The summed E-state index contributed by atoms with van der Waals surface area (Å²) < 4.78 is 9.55. The summed E-state index contributed by atoms with van der Waals surface area (Å²) in [5, 5.41) is 7.71. The first kappa shape index (κ1) is 23.2. The molecule has 1 aliphatic heterocycles. The molecule has 0 aliphatic carbocycles. The first-order valence-corrected chi connectivity index (χ1v) is 11.4. The second kappa shape index (κ2) is 11.2. The van der Waals surface area contributed by atoms with Crippen LogP contribution in [0.5, 0.6) is 0 Å². The highest BCUT2D eigenvalue weighted by molar-refractivity contribution is 7.71. The van der Waals surface area contributed by atoms with Crippen molar-refractivity contribution in [3.8, 4) is 11.6 Å². The standard InChI is InChI=1S/C21H32N6O3S/c1-2-3-4-10-23-20(29)16-7-11-25(12-8-16)15-27-21(31)26(13-9-18(22)28)19(24-27)17-6-5-14-30-17/h5-6,14,16H,2-4,7-13,15H2,1H3,(H2,22,28)(H,23,29). The van der Waals surface area contributed by atoms with Crippen LogP contribution in [0, 0.1) is 10.7 Å². The molecule has 3 heterocycles. The number of piperidine rings is 1. The summed E-state index contributed by atoms with van der Waals surface area (Å²) in [6, 6.07) is 3.60. The Hall–Kier alpha value is -2.46. The van der Waals surface area contributed by atoms with E-state index in [1.54, 1.807) is 21.6 Å². The van der Waals surface area contributed by atoms with Gasteiger partial charge in [0.25, 0.3) is 0 Å². The Kier molecular flexibility index (Phi) is 8.42. The Morgan fingerprint density at radius 3 is 2.74 bits per heavy atom. The van der Waals surface area contributed by atoms with Crippen molar-refractivity contribution in [2.24, 2.45) is 11.7 Å². The largest absolute Gasteiger partial charge is 0.461 e. The zero-order valence-corrected chi connectivity index (χ0v) is 18.9. The van der Waals surface area contributed by atoms with Crippen molar-refractivity contribution in [2.75, 3.05) is 19.6 Å². The third-order valence-corrected chi connectivity index (χ3v) is 6.05. The van der Waals surface area contributed by atoms with Gasteiger partial charge in [-0.05, 0) is 43.6 Å². The van der Waals surface area contributed by atoms with Gasteiger partial charge in [-0.15, -0.1) is 5.10 Å². The molecule has 0 unspecified atom stereocenters. The van der Waals surface area contributed by atoms with Gasteiger partial charge in [-0.2, -0.15) is 0 Å². The predicted octanol–water partition coefficient (Wildman–Crippen LogP) is 2.53. The lowest BCUT2D eigenvalue weighted by Crippen LogP contribution is -2.41. The molecular formula is C21H32N6O3S. The Balaban J connectivity index is 1.60. The van der Waals surface area contributed by atoms with Gasteiger partial charge < -0.3 is 15.5 Å². The topological polar surface area (TPSA) is 111 Å². The molecule has 2 aromatic heterocycles. The van der Waals surface area contributed by atoms with Crippen LogP contribution in [0.25, 0.3) is 11.6 Å². The summed E-state index contributed by atoms with van der Waals surface area (Å²) in [7, 11) is 0. The lowest BCUT2D eigenvalue weighted by atomic mass is 9.96. The average Bonchev–Trinajstić information content (AvgIpc) is 3.39. The molecule has 10 heteroatoms. The molecule has 9 nitrogen and oxygen atoms in total. The number of likely N-dealkylation sites (tertiary alicyclic amines) is 1. The maximum Gasteiger partial charge on any atom is 0.223 e. The zero-order chi connectivity index (χ0) is 22.2. The molecule has 1 aliphatic rings. The molecule has 1 fully saturated rings. The maximum atomic E-state index is 12.4. The van der Waals surface area contributed by atoms with Gasteiger partial charge in [-0.25, -0.2) is 4.68 Å². The van der Waals surface area contributed by atoms with Crippen LogP contribution in [0.1, 0.15) is 45.4 Å². The van der Waals surface area contributed by atoms with E-state index in [1.165, 1.54) is 0 Å². The minimum absolute atomic E-state index is 0.0673. The van der Waals surface area contributed by atoms with Gasteiger partial charge in [-0.3, -0.25) is 19.1 Å². The molecule has 3 rings (SSSR count). The van der Waals surface area contributed by atoms with E-state index >= 15 is 0 Å². The lowest BCUT2D eigenvalue weighted by Gasteiger charge is -2.30. The fraction of sp³-hybridized carbons (Fsp3) is 0.619. The molecule has 1 saturated heterocycles. The average molecular weight is 449 g/mol. The molecule has 0 radical (unpaired) electrons. The predicted molar refractivity (Wildman–Crippen MR) is 119 cm³/mol. The number of hydrogen-bond donors (Lipinski definition) is 2. The fourth-order valence-corrected chi connectivity index (χ4v) is 4.08. The van der Waals surface area contributed by atoms with Gasteiger partial charge in [0.05, 0.1) is 12.9 Å². The number of aromatic nitrogens is 3. The summed E-state index contributed by atoms with van der Waals surface area (Å²) in [5.74, 6) is 1.02. The minimum atomic E-state index is -0.393. The molecule has 0 atom stereocenters. The van der Waals surface area contributed by atoms with Gasteiger partial charge in [0.2, 0.25) is 11.8 Å². The van der Waals surface area contributed by atoms with Crippen LogP contribution in [0.15, 0.2) is 22.8 Å². The quantitative estimate of drug-likeness (QED) is 0.404. The molecule has 2 aromatic rings. The summed E-state index contributed by atoms with van der Waals surface area (Å²) >= 11 is 5.62. The summed E-state index contributed by atoms with van der Waals surface area (Å²) in [6.45, 7) is 5.41. The summed E-state index contributed by atoms with van der Waals surface area (Å²) in [5.41, 5.74) is 5.32. The minimum Gasteiger partial charge on any atom is -0.461 e. The summed E-state index contributed by atoms with van der Waals surface area (Å²) in [6.07, 6.45) is 6.72. The van der Waals surface area contributed by atoms with Gasteiger partial charge in [0, 0.05) is 38.5 Å². The highest BCUT2D eigenvalue weighted by Gasteiger charge is 2.25. The van der Waals surface area contributed by atoms with Crippen molar-refractivity contribution in [3.63, 3.8) is 0 Å². The Bertz CT molecular complexity index is 912. The monoisotopic (exact) mass is 448 g/mol. The van der Waals surface area contributed by atoms with Crippen LogP contribution in [-0.2, 0) is 22.8 Å². The number of carbonyl (C=O) groups excluding carboxylic acids is 2. The van der Waals surface area contributed by atoms with Crippen LogP contribution < -0.4 is 11.1 Å². The normalized spacial score (nSPS) is 15.3. The second-order valence-corrected chi connectivity index (χ2v) is 8.35. The van der Waals surface area contributed by atoms with Crippen LogP contribution in [0.3, 0.4) is 0 Å². The molecule has 0 spiro atoms. The number of carbonyl (C=O) groups is 2. The first-order chi connectivity index (χ1) is 15.0. The highest BCUT2D eigenvalue weighted by Crippen LogP contribution is 2.21. The van der Waals surface area contributed by atoms with Crippen LogP contribution in [-0.4, -0.2) is 50.7 Å². The Morgan fingerprint density at radius 2 is 2.10 bits per heavy atom. The number of nitrogens with one attached hydrogen (secondary N) is 1. The number of unbranched alkanes of at least 4 members (excludes halogenated alkanes) is 2. The first-order valence-electron chi connectivity index (χ1n) is 11.0. The van der Waals surface area contributed by atoms with E-state index < -0.39 is 5.91 Å². The van der Waals surface area contributed by atoms with Crippen molar-refractivity contribution in [3.05, 3.63) is 23.2 Å². The molecule has 2 amide bonds. The lowest BCUT2D eigenvalue weighted by molar-refractivity contribution is -0.126. The van der Waals surface area contributed by atoms with Crippen molar-refractivity contribution in [2.45, 2.75) is 58.7 Å². The molecule has 0 bridgehead atoms. The van der Waals surface area contributed by atoms with E-state index in [9.17, 15) is 9.59 Å². The number of amides is 2. The van der Waals surface area contributed by atoms with Crippen LogP contribution in [0.2, 0.25) is 0 Å². The highest BCUT2D eigenvalue weighted by atomic mass is 32.1. The molecule has 0 saturated carbocycles. The zero-order valence-electron chi connectivity index (χ0n) is 18.1. The second-order valence-electron chi connectivity index (χ2n) is 7.98. The van der Waals surface area contributed by atoms with Crippen LogP contribution >= 0.6 is 12.2 Å². The number of hydrogen-bond acceptors (Lipinski definition) is 6. The smallest absolute Gasteiger partial charge is 0.223 e. The third kappa shape index (κ3) is 6.27. The van der Waals surface area contributed by atoms with E-state index in [0.717, 1.165) is 51.7 Å². The van der Waals surface area contributed by atoms with Crippen LogP contribution in [0.4, 0.5) is 0 Å². The maximum absolute atomic E-state index is 12.4. The van der Waals surface area contributed by atoms with E-state index in [4.69, 9.17) is 22.4 Å². The molecule has 31 heavy (non-hydrogen) atoms. The van der Waals surface area contributed by atoms with E-state index in [-0.39, 0.29) is 18.2 Å². The fourth-order valence-electron chi connectivity index (χ4n) is 3.80. The van der Waals surface area contributed by atoms with Crippen molar-refractivity contribution < 1.29 is 14.0 Å². The van der Waals surface area contributed by atoms with Crippen molar-refractivity contribution >= 4 is 24.0 Å². The number of rotatable bonds is 11. The molecular weight excluding hydrogens is 416 g/mol. The van der Waals surface area contributed by atoms with E-state index in [0.29, 0.717) is 29.6 Å². The summed E-state index contributed by atoms with van der Waals surface area (Å²) in [4.78, 5) is 25.9. The van der Waals surface area contributed by atoms with Gasteiger partial charge in [0.15, 0.2) is 16.4 Å². The Labute approximate surface area is 187 Å². The number of nitrogens with zero attached hydrogens (tertiary/aromatic N) is 4. The van der Waals surface area contributed by atoms with E-state index in [1.807, 2.05) is 6.07 Å². The molecule has 3 N–H and O–H groups in total. The van der Waals surface area contributed by atoms with E-state index in [2.05, 4.69) is 22.2 Å². The van der Waals surface area contributed by atoms with Crippen molar-refractivity contribution in [1.82, 2.24) is 24.6 Å².